The number of aromatic nitrogens is 4. The molecule has 27 heavy (non-hydrogen) atoms. The van der Waals surface area contributed by atoms with Gasteiger partial charge in [-0.25, -0.2) is 9.97 Å². The highest BCUT2D eigenvalue weighted by molar-refractivity contribution is 9.10. The van der Waals surface area contributed by atoms with Crippen molar-refractivity contribution in [3.05, 3.63) is 52.6 Å². The molecule has 0 N–H and O–H groups in total. The fourth-order valence-corrected chi connectivity index (χ4v) is 3.49. The van der Waals surface area contributed by atoms with Crippen molar-refractivity contribution in [2.45, 2.75) is 25.1 Å². The first-order valence-electron chi connectivity index (χ1n) is 8.19. The molecular formula is C17H13BrF3N5O. The van der Waals surface area contributed by atoms with Crippen LogP contribution in [0.3, 0.4) is 0 Å². The molecule has 1 saturated heterocycles. The van der Waals surface area contributed by atoms with E-state index in [0.29, 0.717) is 24.7 Å². The largest absolute Gasteiger partial charge is 0.433 e. The van der Waals surface area contributed by atoms with Crippen molar-refractivity contribution in [2.75, 3.05) is 11.4 Å². The molecule has 6 nitrogen and oxygen atoms in total. The van der Waals surface area contributed by atoms with Crippen LogP contribution in [-0.2, 0) is 6.18 Å². The Bertz CT molecular complexity index is 961. The number of benzene rings is 1. The fraction of sp³-hybridized carbons (Fsp3) is 0.294. The van der Waals surface area contributed by atoms with Gasteiger partial charge in [-0.1, -0.05) is 33.2 Å². The molecule has 1 atom stereocenters. The zero-order chi connectivity index (χ0) is 19.0. The van der Waals surface area contributed by atoms with Gasteiger partial charge < -0.3 is 9.42 Å². The van der Waals surface area contributed by atoms with E-state index in [0.717, 1.165) is 28.7 Å². The topological polar surface area (TPSA) is 67.9 Å². The molecule has 3 heterocycles. The lowest BCUT2D eigenvalue weighted by Gasteiger charge is -2.22. The molecule has 1 aromatic carbocycles. The van der Waals surface area contributed by atoms with E-state index in [2.05, 4.69) is 36.0 Å². The molecule has 4 rings (SSSR count). The van der Waals surface area contributed by atoms with E-state index in [-0.39, 0.29) is 12.0 Å². The van der Waals surface area contributed by atoms with Gasteiger partial charge in [0, 0.05) is 22.8 Å². The molecule has 2 aromatic heterocycles. The second kappa shape index (κ2) is 6.91. The Kier molecular flexibility index (Phi) is 4.58. The molecule has 0 saturated carbocycles. The maximum absolute atomic E-state index is 12.9. The van der Waals surface area contributed by atoms with Gasteiger partial charge in [0.15, 0.2) is 0 Å². The van der Waals surface area contributed by atoms with E-state index in [1.807, 2.05) is 24.3 Å². The van der Waals surface area contributed by atoms with Crippen molar-refractivity contribution in [1.29, 1.82) is 0 Å². The number of nitrogens with zero attached hydrogens (tertiary/aromatic N) is 5. The SMILES string of the molecule is FC(F)(F)c1ccnc(N2CCCC2c2nc(-c3ccccc3Br)no2)n1. The minimum absolute atomic E-state index is 0.00738. The number of alkyl halides is 3. The lowest BCUT2D eigenvalue weighted by atomic mass is 10.2. The summed E-state index contributed by atoms with van der Waals surface area (Å²) in [6, 6.07) is 7.93. The smallest absolute Gasteiger partial charge is 0.337 e. The summed E-state index contributed by atoms with van der Waals surface area (Å²) in [6.07, 6.45) is -1.99. The van der Waals surface area contributed by atoms with Crippen molar-refractivity contribution in [2.24, 2.45) is 0 Å². The first-order valence-corrected chi connectivity index (χ1v) is 8.98. The second-order valence-corrected chi connectivity index (χ2v) is 6.88. The van der Waals surface area contributed by atoms with Crippen LogP contribution < -0.4 is 4.90 Å². The monoisotopic (exact) mass is 439 g/mol. The van der Waals surface area contributed by atoms with E-state index in [1.165, 1.54) is 0 Å². The molecular weight excluding hydrogens is 427 g/mol. The molecule has 0 amide bonds. The lowest BCUT2D eigenvalue weighted by molar-refractivity contribution is -0.141. The van der Waals surface area contributed by atoms with Gasteiger partial charge in [-0.15, -0.1) is 0 Å². The predicted molar refractivity (Wildman–Crippen MR) is 93.8 cm³/mol. The molecule has 0 spiro atoms. The standard InChI is InChI=1S/C17H13BrF3N5O/c18-11-5-2-1-4-10(11)14-24-15(27-25-14)12-6-3-9-26(12)16-22-8-7-13(23-16)17(19,20)21/h1-2,4-5,7-8,12H,3,6,9H2. The Morgan fingerprint density at radius 2 is 1.96 bits per heavy atom. The van der Waals surface area contributed by atoms with E-state index >= 15 is 0 Å². The van der Waals surface area contributed by atoms with Crippen LogP contribution in [0.4, 0.5) is 19.1 Å². The van der Waals surface area contributed by atoms with Crippen molar-refractivity contribution in [3.8, 4) is 11.4 Å². The maximum atomic E-state index is 12.9. The minimum atomic E-state index is -4.52. The number of anilines is 1. The Labute approximate surface area is 160 Å². The van der Waals surface area contributed by atoms with Crippen LogP contribution in [0.25, 0.3) is 11.4 Å². The van der Waals surface area contributed by atoms with Crippen LogP contribution in [0.1, 0.15) is 30.5 Å². The molecule has 0 bridgehead atoms. The highest BCUT2D eigenvalue weighted by atomic mass is 79.9. The molecule has 1 unspecified atom stereocenters. The van der Waals surface area contributed by atoms with Gasteiger partial charge in [0.1, 0.15) is 11.7 Å². The Balaban J connectivity index is 1.64. The summed E-state index contributed by atoms with van der Waals surface area (Å²) < 4.78 is 45.1. The zero-order valence-electron chi connectivity index (χ0n) is 13.8. The third-order valence-corrected chi connectivity index (χ3v) is 4.98. The van der Waals surface area contributed by atoms with E-state index in [4.69, 9.17) is 4.52 Å². The fourth-order valence-electron chi connectivity index (χ4n) is 3.03. The van der Waals surface area contributed by atoms with E-state index in [9.17, 15) is 13.2 Å². The molecule has 1 aliphatic rings. The summed E-state index contributed by atoms with van der Waals surface area (Å²) in [5.74, 6) is 0.751. The van der Waals surface area contributed by atoms with Gasteiger partial charge in [-0.2, -0.15) is 18.2 Å². The van der Waals surface area contributed by atoms with Crippen LogP contribution in [0.2, 0.25) is 0 Å². The molecule has 1 fully saturated rings. The normalized spacial score (nSPS) is 17.5. The molecule has 0 radical (unpaired) electrons. The summed E-state index contributed by atoms with van der Waals surface area (Å²) >= 11 is 3.44. The number of halogens is 4. The van der Waals surface area contributed by atoms with Gasteiger partial charge in [0.2, 0.25) is 17.7 Å². The number of hydrogen-bond acceptors (Lipinski definition) is 6. The third kappa shape index (κ3) is 3.53. The highest BCUT2D eigenvalue weighted by Gasteiger charge is 2.36. The quantitative estimate of drug-likeness (QED) is 0.591. The number of rotatable bonds is 3. The molecule has 10 heteroatoms. The Morgan fingerprint density at radius 3 is 2.74 bits per heavy atom. The predicted octanol–water partition coefficient (Wildman–Crippen LogP) is 4.65. The lowest BCUT2D eigenvalue weighted by Crippen LogP contribution is -2.26. The van der Waals surface area contributed by atoms with Crippen molar-refractivity contribution < 1.29 is 17.7 Å². The summed E-state index contributed by atoms with van der Waals surface area (Å²) in [4.78, 5) is 13.8. The van der Waals surface area contributed by atoms with Gasteiger partial charge in [-0.05, 0) is 31.0 Å². The summed E-state index contributed by atoms with van der Waals surface area (Å²) in [7, 11) is 0. The van der Waals surface area contributed by atoms with Gasteiger partial charge in [0.05, 0.1) is 0 Å². The molecule has 0 aliphatic carbocycles. The summed E-state index contributed by atoms with van der Waals surface area (Å²) in [5, 5.41) is 4.01. The maximum Gasteiger partial charge on any atom is 0.433 e. The van der Waals surface area contributed by atoms with Crippen LogP contribution >= 0.6 is 15.9 Å². The Hall–Kier alpha value is -2.49. The van der Waals surface area contributed by atoms with E-state index < -0.39 is 11.9 Å². The van der Waals surface area contributed by atoms with Gasteiger partial charge >= 0.3 is 6.18 Å². The first kappa shape index (κ1) is 17.9. The van der Waals surface area contributed by atoms with Crippen LogP contribution in [-0.4, -0.2) is 26.7 Å². The van der Waals surface area contributed by atoms with Crippen molar-refractivity contribution in [3.63, 3.8) is 0 Å². The summed E-state index contributed by atoms with van der Waals surface area (Å²) in [5.41, 5.74) is -0.204. The first-order chi connectivity index (χ1) is 12.9. The van der Waals surface area contributed by atoms with Crippen molar-refractivity contribution >= 4 is 21.9 Å². The average Bonchev–Trinajstić information content (AvgIpc) is 3.31. The van der Waals surface area contributed by atoms with Crippen LogP contribution in [0.15, 0.2) is 45.5 Å². The van der Waals surface area contributed by atoms with Crippen molar-refractivity contribution in [1.82, 2.24) is 20.1 Å². The van der Waals surface area contributed by atoms with E-state index in [1.54, 1.807) is 4.90 Å². The Morgan fingerprint density at radius 1 is 1.15 bits per heavy atom. The average molecular weight is 440 g/mol. The third-order valence-electron chi connectivity index (χ3n) is 4.28. The molecule has 3 aromatic rings. The highest BCUT2D eigenvalue weighted by Crippen LogP contribution is 2.36. The second-order valence-electron chi connectivity index (χ2n) is 6.03. The van der Waals surface area contributed by atoms with Crippen LogP contribution in [0.5, 0.6) is 0 Å². The zero-order valence-corrected chi connectivity index (χ0v) is 15.4. The van der Waals surface area contributed by atoms with Crippen LogP contribution in [0, 0.1) is 0 Å². The molecule has 140 valence electrons. The molecule has 1 aliphatic heterocycles. The minimum Gasteiger partial charge on any atom is -0.337 e. The van der Waals surface area contributed by atoms with Gasteiger partial charge in [-0.3, -0.25) is 0 Å². The summed E-state index contributed by atoms with van der Waals surface area (Å²) in [6.45, 7) is 0.513. The number of hydrogen-bond donors (Lipinski definition) is 0. The van der Waals surface area contributed by atoms with Gasteiger partial charge in [0.25, 0.3) is 0 Å².